The van der Waals surface area contributed by atoms with Gasteiger partial charge in [-0.2, -0.15) is 5.26 Å². The van der Waals surface area contributed by atoms with Gasteiger partial charge in [-0.3, -0.25) is 9.79 Å². The molecule has 7 nitrogen and oxygen atoms in total. The fourth-order valence-corrected chi connectivity index (χ4v) is 1.93. The second kappa shape index (κ2) is 6.47. The number of benzene rings is 1. The van der Waals surface area contributed by atoms with Gasteiger partial charge in [0, 0.05) is 12.1 Å². The van der Waals surface area contributed by atoms with Gasteiger partial charge in [0.1, 0.15) is 15.7 Å². The van der Waals surface area contributed by atoms with E-state index in [-0.39, 0.29) is 23.6 Å². The van der Waals surface area contributed by atoms with E-state index in [1.807, 2.05) is 6.07 Å². The number of nitriles is 1. The summed E-state index contributed by atoms with van der Waals surface area (Å²) >= 11 is 0. The number of nitrogens with one attached hydrogen (secondary N) is 1. The molecule has 1 N–H and O–H groups in total. The molecule has 21 heavy (non-hydrogen) atoms. The van der Waals surface area contributed by atoms with E-state index < -0.39 is 15.7 Å². The van der Waals surface area contributed by atoms with Crippen molar-refractivity contribution in [2.75, 3.05) is 5.32 Å². The van der Waals surface area contributed by atoms with E-state index in [0.29, 0.717) is 5.69 Å². The van der Waals surface area contributed by atoms with Crippen molar-refractivity contribution in [3.05, 3.63) is 24.3 Å². The third-order valence-electron chi connectivity index (χ3n) is 2.86. The van der Waals surface area contributed by atoms with Crippen molar-refractivity contribution in [3.8, 4) is 6.07 Å². The third-order valence-corrected chi connectivity index (χ3v) is 3.70. The Labute approximate surface area is 123 Å². The van der Waals surface area contributed by atoms with Gasteiger partial charge in [-0.1, -0.05) is 0 Å². The number of hydrogen-bond acceptors (Lipinski definition) is 6. The maximum atomic E-state index is 11.7. The van der Waals surface area contributed by atoms with Crippen LogP contribution in [0.5, 0.6) is 0 Å². The minimum Gasteiger partial charge on any atom is -0.744 e. The van der Waals surface area contributed by atoms with E-state index in [2.05, 4.69) is 17.0 Å². The van der Waals surface area contributed by atoms with Crippen LogP contribution in [0.2, 0.25) is 0 Å². The van der Waals surface area contributed by atoms with Crippen molar-refractivity contribution in [2.24, 2.45) is 4.99 Å². The molecule has 0 heterocycles. The smallest absolute Gasteiger partial charge is 0.224 e. The number of carbonyl (C=O) groups is 1. The molecule has 1 aromatic carbocycles. The Hall–Kier alpha value is -2.24. The van der Waals surface area contributed by atoms with Gasteiger partial charge in [0.2, 0.25) is 5.91 Å². The van der Waals surface area contributed by atoms with Gasteiger partial charge in [0.05, 0.1) is 11.0 Å². The zero-order valence-electron chi connectivity index (χ0n) is 11.4. The minimum atomic E-state index is -4.50. The zero-order chi connectivity index (χ0) is 16.1. The molecule has 0 radical (unpaired) electrons. The minimum absolute atomic E-state index is 0.0602. The van der Waals surface area contributed by atoms with E-state index in [1.165, 1.54) is 12.1 Å². The molecular weight excluding hydrogens is 294 g/mol. The molecule has 0 bridgehead atoms. The van der Waals surface area contributed by atoms with Gasteiger partial charge in [-0.15, -0.1) is 0 Å². The van der Waals surface area contributed by atoms with Crippen molar-refractivity contribution in [3.63, 3.8) is 0 Å². The van der Waals surface area contributed by atoms with Gasteiger partial charge in [0.25, 0.3) is 0 Å². The lowest BCUT2D eigenvalue weighted by Crippen LogP contribution is -2.22. The lowest BCUT2D eigenvalue weighted by Gasteiger charge is -2.15. The number of carbonyl (C=O) groups excluding carboxylic acids is 1. The first-order valence-corrected chi connectivity index (χ1v) is 7.36. The summed E-state index contributed by atoms with van der Waals surface area (Å²) in [6.07, 6.45) is 0.274. The van der Waals surface area contributed by atoms with Crippen molar-refractivity contribution < 1.29 is 17.8 Å². The largest absolute Gasteiger partial charge is 0.744 e. The predicted molar refractivity (Wildman–Crippen MR) is 75.8 cm³/mol. The number of hydrogen-bond donors (Lipinski definition) is 1. The summed E-state index contributed by atoms with van der Waals surface area (Å²) in [5.74, 6) is -0.349. The number of rotatable bonds is 6. The van der Waals surface area contributed by atoms with Crippen LogP contribution in [-0.2, 0) is 14.9 Å². The van der Waals surface area contributed by atoms with Crippen molar-refractivity contribution in [2.45, 2.75) is 30.2 Å². The van der Waals surface area contributed by atoms with Crippen LogP contribution in [-0.4, -0.2) is 31.1 Å². The maximum Gasteiger partial charge on any atom is 0.224 e. The number of amides is 1. The lowest BCUT2D eigenvalue weighted by molar-refractivity contribution is -0.116. The second-order valence-corrected chi connectivity index (χ2v) is 5.95. The first-order chi connectivity index (χ1) is 9.70. The predicted octanol–water partition coefficient (Wildman–Crippen LogP) is 1.29. The Morgan fingerprint density at radius 2 is 2.05 bits per heavy atom. The Morgan fingerprint density at radius 1 is 1.48 bits per heavy atom. The lowest BCUT2D eigenvalue weighted by atomic mass is 9.98. The summed E-state index contributed by atoms with van der Waals surface area (Å²) in [5.41, 5.74) is -0.657. The van der Waals surface area contributed by atoms with E-state index >= 15 is 0 Å². The van der Waals surface area contributed by atoms with E-state index in [4.69, 9.17) is 5.26 Å². The Bertz CT molecular complexity index is 676. The SMILES string of the molecule is C=NC(C)(C#N)CCC(=O)Nc1ccc(S(=O)(=O)[O-])cc1. The molecule has 0 aliphatic carbocycles. The molecule has 8 heteroatoms. The number of aliphatic imine (C=N–C) groups is 1. The first kappa shape index (κ1) is 16.8. The molecule has 0 aliphatic heterocycles. The molecule has 112 valence electrons. The quantitative estimate of drug-likeness (QED) is 0.626. The summed E-state index contributed by atoms with van der Waals surface area (Å²) < 4.78 is 32.3. The van der Waals surface area contributed by atoms with Crippen LogP contribution in [0.1, 0.15) is 19.8 Å². The monoisotopic (exact) mass is 308 g/mol. The van der Waals surface area contributed by atoms with Gasteiger partial charge < -0.3 is 9.87 Å². The molecule has 0 aromatic heterocycles. The molecule has 1 amide bonds. The van der Waals surface area contributed by atoms with E-state index in [9.17, 15) is 17.8 Å². The van der Waals surface area contributed by atoms with Crippen LogP contribution >= 0.6 is 0 Å². The average molecular weight is 308 g/mol. The fourth-order valence-electron chi connectivity index (χ4n) is 1.46. The summed E-state index contributed by atoms with van der Waals surface area (Å²) in [7, 11) is -4.50. The number of anilines is 1. The zero-order valence-corrected chi connectivity index (χ0v) is 12.2. The third kappa shape index (κ3) is 4.98. The first-order valence-electron chi connectivity index (χ1n) is 5.95. The normalized spacial score (nSPS) is 13.8. The molecule has 0 fully saturated rings. The van der Waals surface area contributed by atoms with Crippen molar-refractivity contribution in [1.29, 1.82) is 5.26 Å². The van der Waals surface area contributed by atoms with E-state index in [1.54, 1.807) is 6.92 Å². The Balaban J connectivity index is 2.64. The standard InChI is InChI=1S/C13H15N3O4S/c1-13(9-14,15-2)8-7-12(17)16-10-3-5-11(6-4-10)21(18,19)20/h3-6H,2,7-8H2,1H3,(H,16,17)(H,18,19,20)/p-1. The molecule has 1 rings (SSSR count). The molecule has 1 unspecified atom stereocenters. The highest BCUT2D eigenvalue weighted by Crippen LogP contribution is 2.17. The van der Waals surface area contributed by atoms with Crippen LogP contribution in [0.3, 0.4) is 0 Å². The fraction of sp³-hybridized carbons (Fsp3) is 0.308. The molecule has 0 saturated carbocycles. The summed E-state index contributed by atoms with van der Waals surface area (Å²) in [4.78, 5) is 15.0. The van der Waals surface area contributed by atoms with Gasteiger partial charge in [-0.25, -0.2) is 8.42 Å². The molecule has 0 saturated heterocycles. The van der Waals surface area contributed by atoms with E-state index in [0.717, 1.165) is 12.1 Å². The summed E-state index contributed by atoms with van der Waals surface area (Å²) in [5, 5.41) is 11.4. The maximum absolute atomic E-state index is 11.7. The van der Waals surface area contributed by atoms with Gasteiger partial charge in [0.15, 0.2) is 0 Å². The highest BCUT2D eigenvalue weighted by Gasteiger charge is 2.22. The Morgan fingerprint density at radius 3 is 2.48 bits per heavy atom. The highest BCUT2D eigenvalue weighted by atomic mass is 32.2. The number of nitrogens with zero attached hydrogens (tertiary/aromatic N) is 2. The van der Waals surface area contributed by atoms with Crippen LogP contribution in [0, 0.1) is 11.3 Å². The second-order valence-electron chi connectivity index (χ2n) is 4.57. The summed E-state index contributed by atoms with van der Waals surface area (Å²) in [6.45, 7) is 4.88. The molecule has 0 aliphatic rings. The average Bonchev–Trinajstić information content (AvgIpc) is 2.44. The molecule has 0 spiro atoms. The molecular formula is C13H14N3O4S-. The van der Waals surface area contributed by atoms with Crippen LogP contribution in [0.4, 0.5) is 5.69 Å². The van der Waals surface area contributed by atoms with Crippen molar-refractivity contribution >= 4 is 28.4 Å². The topological polar surface area (TPSA) is 122 Å². The Kier molecular flexibility index (Phi) is 5.18. The van der Waals surface area contributed by atoms with Crippen LogP contribution in [0.25, 0.3) is 0 Å². The molecule has 1 atom stereocenters. The highest BCUT2D eigenvalue weighted by molar-refractivity contribution is 7.85. The molecule has 1 aromatic rings. The van der Waals surface area contributed by atoms with Crippen LogP contribution in [0.15, 0.2) is 34.2 Å². The van der Waals surface area contributed by atoms with Crippen molar-refractivity contribution in [1.82, 2.24) is 0 Å². The summed E-state index contributed by atoms with van der Waals surface area (Å²) in [6, 6.07) is 6.82. The van der Waals surface area contributed by atoms with Gasteiger partial charge >= 0.3 is 0 Å². The van der Waals surface area contributed by atoms with Crippen LogP contribution < -0.4 is 5.32 Å². The van der Waals surface area contributed by atoms with Gasteiger partial charge in [-0.05, 0) is 44.3 Å².